The Morgan fingerprint density at radius 2 is 1.81 bits per heavy atom. The van der Waals surface area contributed by atoms with E-state index in [1.165, 1.54) is 16.7 Å². The first-order chi connectivity index (χ1) is 10.2. The second-order valence-corrected chi connectivity index (χ2v) is 5.26. The normalized spacial score (nSPS) is 10.4. The van der Waals surface area contributed by atoms with Gasteiger partial charge in [0.25, 0.3) is 0 Å². The van der Waals surface area contributed by atoms with Crippen LogP contribution < -0.4 is 10.6 Å². The van der Waals surface area contributed by atoms with Crippen molar-refractivity contribution < 1.29 is 4.79 Å². The quantitative estimate of drug-likeness (QED) is 0.853. The zero-order chi connectivity index (χ0) is 15.1. The fourth-order valence-corrected chi connectivity index (χ4v) is 2.26. The third-order valence-corrected chi connectivity index (χ3v) is 3.34. The Kier molecular flexibility index (Phi) is 5.52. The molecule has 0 saturated heterocycles. The van der Waals surface area contributed by atoms with Gasteiger partial charge in [-0.3, -0.25) is 4.79 Å². The summed E-state index contributed by atoms with van der Waals surface area (Å²) < 4.78 is 0. The van der Waals surface area contributed by atoms with Gasteiger partial charge in [-0.1, -0.05) is 42.0 Å². The third kappa shape index (κ3) is 5.04. The molecule has 0 fully saturated rings. The SMILES string of the molecule is CNCc1ccc(NC(=O)CCc2cccc(C)c2)cc1. The van der Waals surface area contributed by atoms with E-state index in [4.69, 9.17) is 0 Å². The average Bonchev–Trinajstić information content (AvgIpc) is 2.48. The predicted octanol–water partition coefficient (Wildman–Crippen LogP) is 3.29. The number of rotatable bonds is 6. The van der Waals surface area contributed by atoms with E-state index in [1.54, 1.807) is 0 Å². The summed E-state index contributed by atoms with van der Waals surface area (Å²) in [6, 6.07) is 16.2. The lowest BCUT2D eigenvalue weighted by atomic mass is 10.1. The third-order valence-electron chi connectivity index (χ3n) is 3.34. The van der Waals surface area contributed by atoms with E-state index in [-0.39, 0.29) is 5.91 Å². The maximum atomic E-state index is 12.0. The van der Waals surface area contributed by atoms with Gasteiger partial charge in [0, 0.05) is 18.7 Å². The summed E-state index contributed by atoms with van der Waals surface area (Å²) in [7, 11) is 1.92. The van der Waals surface area contributed by atoms with Gasteiger partial charge in [0.15, 0.2) is 0 Å². The van der Waals surface area contributed by atoms with Gasteiger partial charge in [0.1, 0.15) is 0 Å². The minimum absolute atomic E-state index is 0.0536. The van der Waals surface area contributed by atoms with Crippen LogP contribution in [-0.4, -0.2) is 13.0 Å². The number of carbonyl (C=O) groups is 1. The molecule has 0 bridgehead atoms. The van der Waals surface area contributed by atoms with Crippen molar-refractivity contribution in [2.45, 2.75) is 26.3 Å². The molecule has 3 heteroatoms. The molecular weight excluding hydrogens is 260 g/mol. The number of benzene rings is 2. The Hall–Kier alpha value is -2.13. The molecule has 2 aromatic rings. The van der Waals surface area contributed by atoms with E-state index in [9.17, 15) is 4.79 Å². The summed E-state index contributed by atoms with van der Waals surface area (Å²) in [4.78, 5) is 12.0. The van der Waals surface area contributed by atoms with Crippen molar-refractivity contribution in [2.24, 2.45) is 0 Å². The van der Waals surface area contributed by atoms with Crippen LogP contribution >= 0.6 is 0 Å². The molecule has 0 aliphatic rings. The predicted molar refractivity (Wildman–Crippen MR) is 87.3 cm³/mol. The van der Waals surface area contributed by atoms with Gasteiger partial charge in [-0.15, -0.1) is 0 Å². The molecule has 1 amide bonds. The van der Waals surface area contributed by atoms with E-state index in [2.05, 4.69) is 35.8 Å². The van der Waals surface area contributed by atoms with Gasteiger partial charge in [0.2, 0.25) is 5.91 Å². The van der Waals surface area contributed by atoms with Crippen molar-refractivity contribution in [3.63, 3.8) is 0 Å². The van der Waals surface area contributed by atoms with Crippen LogP contribution in [0.15, 0.2) is 48.5 Å². The Morgan fingerprint density at radius 1 is 1.05 bits per heavy atom. The summed E-state index contributed by atoms with van der Waals surface area (Å²) >= 11 is 0. The highest BCUT2D eigenvalue weighted by Gasteiger charge is 2.03. The van der Waals surface area contributed by atoms with E-state index >= 15 is 0 Å². The van der Waals surface area contributed by atoms with Gasteiger partial charge >= 0.3 is 0 Å². The second kappa shape index (κ2) is 7.60. The van der Waals surface area contributed by atoms with Crippen LogP contribution in [-0.2, 0) is 17.8 Å². The average molecular weight is 282 g/mol. The molecule has 0 heterocycles. The van der Waals surface area contributed by atoms with Crippen LogP contribution in [0.4, 0.5) is 5.69 Å². The molecule has 0 unspecified atom stereocenters. The minimum atomic E-state index is 0.0536. The van der Waals surface area contributed by atoms with Crippen LogP contribution in [0.5, 0.6) is 0 Å². The van der Waals surface area contributed by atoms with Gasteiger partial charge in [-0.2, -0.15) is 0 Å². The summed E-state index contributed by atoms with van der Waals surface area (Å²) in [6.07, 6.45) is 1.27. The van der Waals surface area contributed by atoms with Crippen LogP contribution in [0.2, 0.25) is 0 Å². The van der Waals surface area contributed by atoms with E-state index in [0.29, 0.717) is 6.42 Å². The second-order valence-electron chi connectivity index (χ2n) is 5.26. The number of carbonyl (C=O) groups excluding carboxylic acids is 1. The van der Waals surface area contributed by atoms with Crippen molar-refractivity contribution in [3.8, 4) is 0 Å². The molecule has 0 atom stereocenters. The molecule has 0 aliphatic heterocycles. The lowest BCUT2D eigenvalue weighted by molar-refractivity contribution is -0.116. The largest absolute Gasteiger partial charge is 0.326 e. The van der Waals surface area contributed by atoms with E-state index in [1.807, 2.05) is 37.4 Å². The Balaban J connectivity index is 1.84. The van der Waals surface area contributed by atoms with Crippen molar-refractivity contribution in [2.75, 3.05) is 12.4 Å². The Bertz CT molecular complexity index is 590. The molecule has 0 aromatic heterocycles. The van der Waals surface area contributed by atoms with Crippen molar-refractivity contribution >= 4 is 11.6 Å². The van der Waals surface area contributed by atoms with Crippen LogP contribution in [0.1, 0.15) is 23.1 Å². The summed E-state index contributed by atoms with van der Waals surface area (Å²) in [5.41, 5.74) is 4.49. The first kappa shape index (κ1) is 15.3. The Morgan fingerprint density at radius 3 is 2.48 bits per heavy atom. The van der Waals surface area contributed by atoms with Crippen LogP contribution in [0.25, 0.3) is 0 Å². The first-order valence-corrected chi connectivity index (χ1v) is 7.26. The van der Waals surface area contributed by atoms with Gasteiger partial charge in [-0.05, 0) is 43.7 Å². The van der Waals surface area contributed by atoms with Gasteiger partial charge < -0.3 is 10.6 Å². The highest BCUT2D eigenvalue weighted by molar-refractivity contribution is 5.90. The van der Waals surface area contributed by atoms with Crippen molar-refractivity contribution in [3.05, 3.63) is 65.2 Å². The lowest BCUT2D eigenvalue weighted by Gasteiger charge is -2.07. The zero-order valence-corrected chi connectivity index (χ0v) is 12.6. The highest BCUT2D eigenvalue weighted by atomic mass is 16.1. The summed E-state index contributed by atoms with van der Waals surface area (Å²) in [6.45, 7) is 2.90. The number of hydrogen-bond donors (Lipinski definition) is 2. The number of anilines is 1. The van der Waals surface area contributed by atoms with Gasteiger partial charge in [-0.25, -0.2) is 0 Å². The van der Waals surface area contributed by atoms with Gasteiger partial charge in [0.05, 0.1) is 0 Å². The zero-order valence-electron chi connectivity index (χ0n) is 12.6. The highest BCUT2D eigenvalue weighted by Crippen LogP contribution is 2.11. The lowest BCUT2D eigenvalue weighted by Crippen LogP contribution is -2.12. The van der Waals surface area contributed by atoms with Crippen LogP contribution in [0.3, 0.4) is 0 Å². The number of amides is 1. The smallest absolute Gasteiger partial charge is 0.224 e. The fourth-order valence-electron chi connectivity index (χ4n) is 2.26. The fraction of sp³-hybridized carbons (Fsp3) is 0.278. The van der Waals surface area contributed by atoms with Crippen molar-refractivity contribution in [1.82, 2.24) is 5.32 Å². The molecule has 110 valence electrons. The molecule has 0 aliphatic carbocycles. The maximum Gasteiger partial charge on any atom is 0.224 e. The molecule has 0 spiro atoms. The van der Waals surface area contributed by atoms with E-state index < -0.39 is 0 Å². The molecular formula is C18H22N2O. The maximum absolute atomic E-state index is 12.0. The monoisotopic (exact) mass is 282 g/mol. The molecule has 0 saturated carbocycles. The van der Waals surface area contributed by atoms with Crippen molar-refractivity contribution in [1.29, 1.82) is 0 Å². The number of hydrogen-bond acceptors (Lipinski definition) is 2. The number of nitrogens with one attached hydrogen (secondary N) is 2. The molecule has 3 nitrogen and oxygen atoms in total. The number of aryl methyl sites for hydroxylation is 2. The Labute approximate surface area is 126 Å². The summed E-state index contributed by atoms with van der Waals surface area (Å²) in [5, 5.41) is 6.04. The molecule has 2 N–H and O–H groups in total. The first-order valence-electron chi connectivity index (χ1n) is 7.26. The minimum Gasteiger partial charge on any atom is -0.326 e. The topological polar surface area (TPSA) is 41.1 Å². The summed E-state index contributed by atoms with van der Waals surface area (Å²) in [5.74, 6) is 0.0536. The molecule has 21 heavy (non-hydrogen) atoms. The van der Waals surface area contributed by atoms with Crippen LogP contribution in [0, 0.1) is 6.92 Å². The standard InChI is InChI=1S/C18H22N2O/c1-14-4-3-5-15(12-14)8-11-18(21)20-17-9-6-16(7-10-17)13-19-2/h3-7,9-10,12,19H,8,11,13H2,1-2H3,(H,20,21). The molecule has 2 rings (SSSR count). The molecule has 0 radical (unpaired) electrons. The molecule has 2 aromatic carbocycles. The van der Waals surface area contributed by atoms with E-state index in [0.717, 1.165) is 18.7 Å².